The molecule has 0 aromatic rings. The van der Waals surface area contributed by atoms with Gasteiger partial charge in [0.2, 0.25) is 0 Å². The Morgan fingerprint density at radius 2 is 1.67 bits per heavy atom. The number of aliphatic carboxylic acids is 1. The maximum atomic E-state index is 12.1. The predicted molar refractivity (Wildman–Crippen MR) is 86.4 cm³/mol. The number of carboxylic acids is 1. The summed E-state index contributed by atoms with van der Waals surface area (Å²) in [4.78, 5) is 14.4. The van der Waals surface area contributed by atoms with E-state index in [0.29, 0.717) is 11.3 Å². The summed E-state index contributed by atoms with van der Waals surface area (Å²) in [5.41, 5.74) is -0.214. The molecule has 0 aromatic carbocycles. The van der Waals surface area contributed by atoms with Crippen LogP contribution in [0.25, 0.3) is 0 Å². The van der Waals surface area contributed by atoms with Crippen molar-refractivity contribution in [1.29, 1.82) is 0 Å². The van der Waals surface area contributed by atoms with E-state index in [9.17, 15) is 9.90 Å². The first-order valence-corrected chi connectivity index (χ1v) is 8.91. The lowest BCUT2D eigenvalue weighted by atomic mass is 9.65. The quantitative estimate of drug-likeness (QED) is 0.840. The number of rotatable bonds is 4. The molecule has 0 bridgehead atoms. The summed E-state index contributed by atoms with van der Waals surface area (Å²) >= 11 is 0. The van der Waals surface area contributed by atoms with E-state index in [1.165, 1.54) is 32.1 Å². The molecule has 0 atom stereocenters. The number of carboxylic acid groups (broad SMARTS) is 1. The molecule has 1 aliphatic carbocycles. The van der Waals surface area contributed by atoms with Crippen LogP contribution in [-0.4, -0.2) is 34.6 Å². The Bertz CT molecular complexity index is 348. The second-order valence-corrected chi connectivity index (χ2v) is 7.85. The third-order valence-corrected chi connectivity index (χ3v) is 6.44. The first kappa shape index (κ1) is 16.8. The molecule has 0 amide bonds. The van der Waals surface area contributed by atoms with Gasteiger partial charge in [-0.25, -0.2) is 0 Å². The van der Waals surface area contributed by atoms with Crippen molar-refractivity contribution in [2.75, 3.05) is 13.1 Å². The van der Waals surface area contributed by atoms with Crippen LogP contribution in [0.3, 0.4) is 0 Å². The Hall–Kier alpha value is -0.570. The van der Waals surface area contributed by atoms with E-state index in [0.717, 1.165) is 38.8 Å². The van der Waals surface area contributed by atoms with Gasteiger partial charge in [0, 0.05) is 0 Å². The molecular weight excluding hydrogens is 262 g/mol. The number of carbonyl (C=O) groups is 1. The van der Waals surface area contributed by atoms with Crippen molar-refractivity contribution in [2.24, 2.45) is 11.3 Å². The molecule has 0 aromatic heterocycles. The van der Waals surface area contributed by atoms with Crippen molar-refractivity contribution in [3.05, 3.63) is 0 Å². The van der Waals surface area contributed by atoms with Gasteiger partial charge in [-0.1, -0.05) is 40.0 Å². The average molecular weight is 295 g/mol. The van der Waals surface area contributed by atoms with Gasteiger partial charge in [0.25, 0.3) is 0 Å². The lowest BCUT2D eigenvalue weighted by Gasteiger charge is -2.47. The van der Waals surface area contributed by atoms with E-state index in [1.54, 1.807) is 0 Å². The van der Waals surface area contributed by atoms with Crippen molar-refractivity contribution < 1.29 is 9.90 Å². The second kappa shape index (κ2) is 6.68. The van der Waals surface area contributed by atoms with E-state index in [1.807, 2.05) is 0 Å². The third-order valence-electron chi connectivity index (χ3n) is 6.44. The number of likely N-dealkylation sites (tertiary alicyclic amines) is 1. The molecule has 2 fully saturated rings. The number of nitrogens with zero attached hydrogens (tertiary/aromatic N) is 1. The van der Waals surface area contributed by atoms with Crippen molar-refractivity contribution in [1.82, 2.24) is 4.90 Å². The Balaban J connectivity index is 2.09. The highest BCUT2D eigenvalue weighted by atomic mass is 16.4. The van der Waals surface area contributed by atoms with Crippen LogP contribution < -0.4 is 0 Å². The molecule has 3 heteroatoms. The van der Waals surface area contributed by atoms with Crippen molar-refractivity contribution in [2.45, 2.75) is 84.1 Å². The minimum absolute atomic E-state index is 0.351. The van der Waals surface area contributed by atoms with E-state index < -0.39 is 11.5 Å². The molecule has 2 aliphatic rings. The zero-order chi connectivity index (χ0) is 15.5. The van der Waals surface area contributed by atoms with Gasteiger partial charge in [-0.05, 0) is 62.9 Å². The monoisotopic (exact) mass is 295 g/mol. The molecule has 122 valence electrons. The van der Waals surface area contributed by atoms with Gasteiger partial charge in [0.15, 0.2) is 0 Å². The van der Waals surface area contributed by atoms with Gasteiger partial charge in [0.05, 0.1) is 0 Å². The van der Waals surface area contributed by atoms with Crippen LogP contribution in [0.5, 0.6) is 0 Å². The van der Waals surface area contributed by atoms with E-state index in [-0.39, 0.29) is 0 Å². The van der Waals surface area contributed by atoms with Crippen LogP contribution >= 0.6 is 0 Å². The van der Waals surface area contributed by atoms with Gasteiger partial charge < -0.3 is 5.11 Å². The molecule has 0 unspecified atom stereocenters. The Morgan fingerprint density at radius 3 is 2.10 bits per heavy atom. The Labute approximate surface area is 130 Å². The summed E-state index contributed by atoms with van der Waals surface area (Å²) in [7, 11) is 0. The molecule has 1 heterocycles. The van der Waals surface area contributed by atoms with Gasteiger partial charge in [0.1, 0.15) is 5.54 Å². The van der Waals surface area contributed by atoms with Crippen LogP contribution in [0, 0.1) is 11.3 Å². The minimum Gasteiger partial charge on any atom is -0.480 e. The highest BCUT2D eigenvalue weighted by molar-refractivity contribution is 5.79. The molecule has 1 N–H and O–H groups in total. The van der Waals surface area contributed by atoms with Crippen molar-refractivity contribution in [3.8, 4) is 0 Å². The molecule has 0 radical (unpaired) electrons. The third kappa shape index (κ3) is 3.44. The normalized spacial score (nSPS) is 32.6. The molecular formula is C18H33NO2. The van der Waals surface area contributed by atoms with Gasteiger partial charge >= 0.3 is 5.97 Å². The van der Waals surface area contributed by atoms with Crippen LogP contribution in [0.4, 0.5) is 0 Å². The van der Waals surface area contributed by atoms with Gasteiger partial charge in [-0.3, -0.25) is 9.69 Å². The fourth-order valence-electron chi connectivity index (χ4n) is 4.33. The molecule has 1 saturated heterocycles. The summed E-state index contributed by atoms with van der Waals surface area (Å²) in [6, 6.07) is 0. The molecule has 1 aliphatic heterocycles. The van der Waals surface area contributed by atoms with Crippen LogP contribution in [0.2, 0.25) is 0 Å². The van der Waals surface area contributed by atoms with Crippen molar-refractivity contribution in [3.63, 3.8) is 0 Å². The summed E-state index contributed by atoms with van der Waals surface area (Å²) in [6.45, 7) is 8.91. The topological polar surface area (TPSA) is 40.5 Å². The zero-order valence-electron chi connectivity index (χ0n) is 14.2. The Morgan fingerprint density at radius 1 is 1.14 bits per heavy atom. The van der Waals surface area contributed by atoms with E-state index in [4.69, 9.17) is 0 Å². The standard InChI is InChI=1S/C18H33NO2/c1-4-17(2,3)15-9-11-18(12-10-15,16(20)21)19-13-7-5-6-8-14-19/h15H,4-14H2,1-3H3,(H,20,21). The predicted octanol–water partition coefficient (Wildman–Crippen LogP) is 4.31. The maximum Gasteiger partial charge on any atom is 0.324 e. The fraction of sp³-hybridized carbons (Fsp3) is 0.944. The first-order valence-electron chi connectivity index (χ1n) is 8.91. The number of hydrogen-bond donors (Lipinski definition) is 1. The molecule has 2 rings (SSSR count). The molecule has 21 heavy (non-hydrogen) atoms. The largest absolute Gasteiger partial charge is 0.480 e. The minimum atomic E-state index is -0.572. The maximum absolute atomic E-state index is 12.1. The van der Waals surface area contributed by atoms with Crippen LogP contribution in [0.1, 0.15) is 78.6 Å². The van der Waals surface area contributed by atoms with Crippen LogP contribution in [-0.2, 0) is 4.79 Å². The van der Waals surface area contributed by atoms with Crippen molar-refractivity contribution >= 4 is 5.97 Å². The summed E-state index contributed by atoms with van der Waals surface area (Å²) in [5.74, 6) is 0.110. The van der Waals surface area contributed by atoms with Gasteiger partial charge in [-0.2, -0.15) is 0 Å². The van der Waals surface area contributed by atoms with E-state index >= 15 is 0 Å². The summed E-state index contributed by atoms with van der Waals surface area (Å²) in [6.07, 6.45) is 9.87. The average Bonchev–Trinajstić information content (AvgIpc) is 2.76. The van der Waals surface area contributed by atoms with Gasteiger partial charge in [-0.15, -0.1) is 0 Å². The SMILES string of the molecule is CCC(C)(C)C1CCC(C(=O)O)(N2CCCCCC2)CC1. The fourth-order valence-corrected chi connectivity index (χ4v) is 4.33. The lowest BCUT2D eigenvalue weighted by molar-refractivity contribution is -0.156. The summed E-state index contributed by atoms with van der Waals surface area (Å²) in [5, 5.41) is 9.94. The summed E-state index contributed by atoms with van der Waals surface area (Å²) < 4.78 is 0. The molecule has 3 nitrogen and oxygen atoms in total. The second-order valence-electron chi connectivity index (χ2n) is 7.85. The lowest BCUT2D eigenvalue weighted by Crippen LogP contribution is -2.57. The van der Waals surface area contributed by atoms with E-state index in [2.05, 4.69) is 25.7 Å². The number of hydrogen-bond acceptors (Lipinski definition) is 2. The van der Waals surface area contributed by atoms with Crippen LogP contribution in [0.15, 0.2) is 0 Å². The molecule has 1 saturated carbocycles. The highest BCUT2D eigenvalue weighted by Crippen LogP contribution is 2.45. The first-order chi connectivity index (χ1) is 9.92. The Kier molecular flexibility index (Phi) is 5.34. The smallest absolute Gasteiger partial charge is 0.324 e. The molecule has 0 spiro atoms. The highest BCUT2D eigenvalue weighted by Gasteiger charge is 2.48. The zero-order valence-corrected chi connectivity index (χ0v) is 14.2.